The van der Waals surface area contributed by atoms with Gasteiger partial charge in [-0.1, -0.05) is 133 Å². The number of hydrogen-bond acceptors (Lipinski definition) is 2. The van der Waals surface area contributed by atoms with Crippen molar-refractivity contribution in [1.82, 2.24) is 0 Å². The lowest BCUT2D eigenvalue weighted by Gasteiger charge is -2.27. The minimum atomic E-state index is 0.904. The summed E-state index contributed by atoms with van der Waals surface area (Å²) in [5.41, 5.74) is 7.50. The summed E-state index contributed by atoms with van der Waals surface area (Å²) in [6, 6.07) is 63.2. The molecule has 0 fully saturated rings. The number of nitrogens with zero attached hydrogens (tertiary/aromatic N) is 1. The molecular weight excluding hydrogens is 583 g/mol. The van der Waals surface area contributed by atoms with Crippen molar-refractivity contribution in [3.63, 3.8) is 0 Å². The van der Waals surface area contributed by atoms with E-state index in [1.807, 2.05) is 6.07 Å². The fourth-order valence-electron chi connectivity index (χ4n) is 7.63. The van der Waals surface area contributed by atoms with E-state index in [0.29, 0.717) is 0 Å². The van der Waals surface area contributed by atoms with Crippen molar-refractivity contribution >= 4 is 82.1 Å². The summed E-state index contributed by atoms with van der Waals surface area (Å²) in [7, 11) is 0. The topological polar surface area (TPSA) is 16.4 Å². The van der Waals surface area contributed by atoms with Crippen LogP contribution in [0.4, 0.5) is 17.1 Å². The largest absolute Gasteiger partial charge is 0.455 e. The van der Waals surface area contributed by atoms with Gasteiger partial charge in [0.05, 0.1) is 5.69 Å². The molecule has 0 unspecified atom stereocenters. The first-order valence-electron chi connectivity index (χ1n) is 16.4. The van der Waals surface area contributed by atoms with Gasteiger partial charge >= 0.3 is 0 Å². The molecule has 48 heavy (non-hydrogen) atoms. The van der Waals surface area contributed by atoms with Crippen LogP contribution in [-0.4, -0.2) is 0 Å². The van der Waals surface area contributed by atoms with Gasteiger partial charge in [0.15, 0.2) is 0 Å². The summed E-state index contributed by atoms with van der Waals surface area (Å²) in [4.78, 5) is 2.35. The fraction of sp³-hybridized carbons (Fsp3) is 0. The number of fused-ring (bicyclic) bond motifs is 10. The van der Waals surface area contributed by atoms with Crippen LogP contribution in [0.3, 0.4) is 0 Å². The van der Waals surface area contributed by atoms with Crippen molar-refractivity contribution < 1.29 is 4.42 Å². The Morgan fingerprint density at radius 3 is 1.83 bits per heavy atom. The van der Waals surface area contributed by atoms with Crippen LogP contribution < -0.4 is 4.90 Å². The minimum absolute atomic E-state index is 0.904. The fourth-order valence-corrected chi connectivity index (χ4v) is 7.63. The molecule has 0 saturated heterocycles. The first-order chi connectivity index (χ1) is 23.8. The van der Waals surface area contributed by atoms with Gasteiger partial charge in [-0.05, 0) is 91.3 Å². The van der Waals surface area contributed by atoms with Gasteiger partial charge in [0, 0.05) is 27.5 Å². The number of benzene rings is 9. The van der Waals surface area contributed by atoms with Crippen LogP contribution in [0.1, 0.15) is 0 Å². The van der Waals surface area contributed by atoms with Crippen LogP contribution in [0.25, 0.3) is 76.2 Å². The molecular formula is C46H29NO. The van der Waals surface area contributed by atoms with E-state index in [0.717, 1.165) is 49.8 Å². The van der Waals surface area contributed by atoms with Gasteiger partial charge in [0.2, 0.25) is 0 Å². The predicted octanol–water partition coefficient (Wildman–Crippen LogP) is 13.3. The van der Waals surface area contributed by atoms with E-state index in [9.17, 15) is 0 Å². The van der Waals surface area contributed by atoms with Crippen molar-refractivity contribution in [3.05, 3.63) is 176 Å². The van der Waals surface area contributed by atoms with Gasteiger partial charge in [0.25, 0.3) is 0 Å². The third-order valence-electron chi connectivity index (χ3n) is 9.82. The van der Waals surface area contributed by atoms with Gasteiger partial charge in [-0.25, -0.2) is 0 Å². The van der Waals surface area contributed by atoms with Crippen LogP contribution in [-0.2, 0) is 0 Å². The average Bonchev–Trinajstić information content (AvgIpc) is 3.54. The highest BCUT2D eigenvalue weighted by atomic mass is 16.3. The van der Waals surface area contributed by atoms with Crippen molar-refractivity contribution in [1.29, 1.82) is 0 Å². The van der Waals surface area contributed by atoms with Crippen LogP contribution in [0, 0.1) is 0 Å². The first-order valence-corrected chi connectivity index (χ1v) is 16.4. The van der Waals surface area contributed by atoms with Crippen molar-refractivity contribution in [2.45, 2.75) is 0 Å². The lowest BCUT2D eigenvalue weighted by Crippen LogP contribution is -2.10. The molecule has 9 aromatic carbocycles. The zero-order valence-electron chi connectivity index (χ0n) is 26.1. The summed E-state index contributed by atoms with van der Waals surface area (Å²) in [5.74, 6) is 0. The number of hydrogen-bond donors (Lipinski definition) is 0. The second-order valence-electron chi connectivity index (χ2n) is 12.5. The maximum atomic E-state index is 6.58. The van der Waals surface area contributed by atoms with Crippen molar-refractivity contribution in [3.8, 4) is 11.1 Å². The maximum absolute atomic E-state index is 6.58. The third-order valence-corrected chi connectivity index (χ3v) is 9.82. The maximum Gasteiger partial charge on any atom is 0.145 e. The third kappa shape index (κ3) is 4.06. The van der Waals surface area contributed by atoms with E-state index in [-0.39, 0.29) is 0 Å². The van der Waals surface area contributed by atoms with E-state index in [1.165, 1.54) is 43.4 Å². The Balaban J connectivity index is 1.17. The first kappa shape index (κ1) is 26.8. The Hall–Kier alpha value is -6.38. The van der Waals surface area contributed by atoms with E-state index in [1.54, 1.807) is 0 Å². The second kappa shape index (κ2) is 10.6. The molecule has 1 aromatic heterocycles. The standard InChI is InChI=1S/C46H29NO/c1-2-13-34(14-3-1)47(42-18-9-12-33-24-29-41-39-16-6-7-19-43(39)48-46(41)45(33)42)35-25-20-31(21-26-35)37-17-8-11-32-23-27-38-36-15-5-4-10-30(36)22-28-40(38)44(32)37/h1-29H. The van der Waals surface area contributed by atoms with Crippen LogP contribution in [0.15, 0.2) is 180 Å². The monoisotopic (exact) mass is 611 g/mol. The summed E-state index contributed by atoms with van der Waals surface area (Å²) >= 11 is 0. The molecule has 0 radical (unpaired) electrons. The van der Waals surface area contributed by atoms with Crippen molar-refractivity contribution in [2.24, 2.45) is 0 Å². The molecule has 2 heteroatoms. The summed E-state index contributed by atoms with van der Waals surface area (Å²) in [6.45, 7) is 0. The molecule has 0 aliphatic carbocycles. The van der Waals surface area contributed by atoms with Gasteiger partial charge in [-0.15, -0.1) is 0 Å². The summed E-state index contributed by atoms with van der Waals surface area (Å²) in [5, 5.41) is 12.2. The molecule has 0 spiro atoms. The normalized spacial score (nSPS) is 11.8. The molecule has 0 N–H and O–H groups in total. The molecule has 10 aromatic rings. The molecule has 0 bridgehead atoms. The van der Waals surface area contributed by atoms with Crippen molar-refractivity contribution in [2.75, 3.05) is 4.90 Å². The van der Waals surface area contributed by atoms with Crippen LogP contribution in [0.2, 0.25) is 0 Å². The van der Waals surface area contributed by atoms with Gasteiger partial charge in [0.1, 0.15) is 11.2 Å². The average molecular weight is 612 g/mol. The highest BCUT2D eigenvalue weighted by Gasteiger charge is 2.20. The molecule has 0 amide bonds. The van der Waals surface area contributed by atoms with E-state index in [2.05, 4.69) is 175 Å². The Kier molecular flexibility index (Phi) is 5.91. The van der Waals surface area contributed by atoms with Gasteiger partial charge < -0.3 is 9.32 Å². The Morgan fingerprint density at radius 2 is 0.979 bits per heavy atom. The van der Waals surface area contributed by atoms with E-state index < -0.39 is 0 Å². The van der Waals surface area contributed by atoms with Crippen LogP contribution in [0.5, 0.6) is 0 Å². The Morgan fingerprint density at radius 1 is 0.354 bits per heavy atom. The molecule has 0 aliphatic rings. The zero-order valence-corrected chi connectivity index (χ0v) is 26.1. The molecule has 0 saturated carbocycles. The lowest BCUT2D eigenvalue weighted by atomic mass is 9.91. The highest BCUT2D eigenvalue weighted by molar-refractivity contribution is 6.21. The molecule has 0 atom stereocenters. The van der Waals surface area contributed by atoms with Crippen LogP contribution >= 0.6 is 0 Å². The molecule has 10 rings (SSSR count). The number of para-hydroxylation sites is 2. The SMILES string of the molecule is c1ccc(N(c2ccc(-c3cccc4ccc5c6ccccc6ccc5c34)cc2)c2cccc3ccc4c5ccccc5oc4c23)cc1. The summed E-state index contributed by atoms with van der Waals surface area (Å²) < 4.78 is 6.58. The van der Waals surface area contributed by atoms with E-state index in [4.69, 9.17) is 4.42 Å². The smallest absolute Gasteiger partial charge is 0.145 e. The Bertz CT molecular complexity index is 2830. The lowest BCUT2D eigenvalue weighted by molar-refractivity contribution is 0.672. The number of furan rings is 1. The van der Waals surface area contributed by atoms with E-state index >= 15 is 0 Å². The molecule has 2 nitrogen and oxygen atoms in total. The Labute approximate surface area is 277 Å². The predicted molar refractivity (Wildman–Crippen MR) is 204 cm³/mol. The molecule has 0 aliphatic heterocycles. The molecule has 224 valence electrons. The number of anilines is 3. The molecule has 1 heterocycles. The number of rotatable bonds is 4. The summed E-state index contributed by atoms with van der Waals surface area (Å²) in [6.07, 6.45) is 0. The highest BCUT2D eigenvalue weighted by Crippen LogP contribution is 2.44. The second-order valence-corrected chi connectivity index (χ2v) is 12.5. The zero-order chi connectivity index (χ0) is 31.6. The van der Waals surface area contributed by atoms with Gasteiger partial charge in [-0.2, -0.15) is 0 Å². The quantitative estimate of drug-likeness (QED) is 0.184. The van der Waals surface area contributed by atoms with Gasteiger partial charge in [-0.3, -0.25) is 0 Å². The minimum Gasteiger partial charge on any atom is -0.455 e.